The number of nitrogens with zero attached hydrogens (tertiary/aromatic N) is 1. The lowest BCUT2D eigenvalue weighted by molar-refractivity contribution is -0.117. The molecule has 5 heteroatoms. The number of halogens is 2. The Morgan fingerprint density at radius 3 is 2.55 bits per heavy atom. The van der Waals surface area contributed by atoms with Gasteiger partial charge in [-0.2, -0.15) is 0 Å². The van der Waals surface area contributed by atoms with Gasteiger partial charge in [0.15, 0.2) is 0 Å². The van der Waals surface area contributed by atoms with Crippen LogP contribution in [0, 0.1) is 0 Å². The summed E-state index contributed by atoms with van der Waals surface area (Å²) in [6, 6.07) is 6.87. The molecule has 2 bridgehead atoms. The Morgan fingerprint density at radius 1 is 1.23 bits per heavy atom. The number of benzene rings is 1. The summed E-state index contributed by atoms with van der Waals surface area (Å²) in [5, 5.41) is 4.14. The molecular weight excluding hydrogens is 319 g/mol. The van der Waals surface area contributed by atoms with Crippen LogP contribution in [-0.4, -0.2) is 36.0 Å². The fourth-order valence-corrected chi connectivity index (χ4v) is 3.87. The largest absolute Gasteiger partial charge is 0.350 e. The first-order valence-electron chi connectivity index (χ1n) is 7.68. The highest BCUT2D eigenvalue weighted by Gasteiger charge is 2.38. The van der Waals surface area contributed by atoms with Crippen LogP contribution in [0.2, 0.25) is 10.0 Å². The molecule has 2 aliphatic heterocycles. The van der Waals surface area contributed by atoms with Crippen molar-refractivity contribution < 1.29 is 4.79 Å². The van der Waals surface area contributed by atoms with E-state index in [1.807, 2.05) is 6.07 Å². The minimum absolute atomic E-state index is 0.0416. The highest BCUT2D eigenvalue weighted by Crippen LogP contribution is 2.34. The number of piperidine rings is 1. The van der Waals surface area contributed by atoms with E-state index >= 15 is 0 Å². The van der Waals surface area contributed by atoms with Gasteiger partial charge in [-0.15, -0.1) is 0 Å². The molecule has 118 valence electrons. The normalized spacial score (nSPS) is 28.2. The van der Waals surface area contributed by atoms with Gasteiger partial charge in [0.1, 0.15) is 0 Å². The summed E-state index contributed by atoms with van der Waals surface area (Å²) < 4.78 is 0. The van der Waals surface area contributed by atoms with Crippen molar-refractivity contribution in [3.8, 4) is 0 Å². The molecule has 3 rings (SSSR count). The summed E-state index contributed by atoms with van der Waals surface area (Å²) in [5.41, 5.74) is 0.869. The number of carbonyl (C=O) groups excluding carboxylic acids is 1. The van der Waals surface area contributed by atoms with Gasteiger partial charge in [-0.25, -0.2) is 0 Å². The van der Waals surface area contributed by atoms with Crippen LogP contribution in [0.25, 0.3) is 6.08 Å². The van der Waals surface area contributed by atoms with Crippen LogP contribution in [0.3, 0.4) is 0 Å². The van der Waals surface area contributed by atoms with E-state index in [1.54, 1.807) is 24.3 Å². The molecule has 2 fully saturated rings. The van der Waals surface area contributed by atoms with Crippen molar-refractivity contribution in [2.75, 3.05) is 7.05 Å². The van der Waals surface area contributed by atoms with E-state index in [2.05, 4.69) is 17.3 Å². The van der Waals surface area contributed by atoms with Gasteiger partial charge in [-0.3, -0.25) is 4.79 Å². The monoisotopic (exact) mass is 338 g/mol. The van der Waals surface area contributed by atoms with Gasteiger partial charge in [0.25, 0.3) is 0 Å². The van der Waals surface area contributed by atoms with Gasteiger partial charge < -0.3 is 10.2 Å². The van der Waals surface area contributed by atoms with Gasteiger partial charge in [0, 0.05) is 24.2 Å². The molecule has 0 radical (unpaired) electrons. The SMILES string of the molecule is CN1C2CCC1CC(NC(=O)C=Cc1ccc(Cl)c(Cl)c1)C2. The van der Waals surface area contributed by atoms with Crippen LogP contribution in [0.15, 0.2) is 24.3 Å². The molecule has 2 saturated heterocycles. The van der Waals surface area contributed by atoms with E-state index in [-0.39, 0.29) is 5.91 Å². The second-order valence-corrected chi connectivity index (χ2v) is 7.05. The Bertz CT molecular complexity index is 588. The molecule has 2 atom stereocenters. The van der Waals surface area contributed by atoms with Crippen molar-refractivity contribution in [2.45, 2.75) is 43.8 Å². The summed E-state index contributed by atoms with van der Waals surface area (Å²) in [6.07, 6.45) is 7.96. The van der Waals surface area contributed by atoms with Crippen molar-refractivity contribution >= 4 is 35.2 Å². The summed E-state index contributed by atoms with van der Waals surface area (Å²) in [6.45, 7) is 0. The zero-order valence-corrected chi connectivity index (χ0v) is 14.1. The zero-order chi connectivity index (χ0) is 15.7. The van der Waals surface area contributed by atoms with E-state index in [0.717, 1.165) is 18.4 Å². The van der Waals surface area contributed by atoms with Crippen LogP contribution in [-0.2, 0) is 4.79 Å². The molecule has 0 aromatic heterocycles. The van der Waals surface area contributed by atoms with Crippen LogP contribution in [0.5, 0.6) is 0 Å². The van der Waals surface area contributed by atoms with Crippen molar-refractivity contribution in [1.82, 2.24) is 10.2 Å². The van der Waals surface area contributed by atoms with E-state index < -0.39 is 0 Å². The Hall–Kier alpha value is -1.03. The first kappa shape index (κ1) is 15.9. The molecule has 0 spiro atoms. The summed E-state index contributed by atoms with van der Waals surface area (Å²) in [4.78, 5) is 14.5. The third-order valence-electron chi connectivity index (χ3n) is 4.82. The number of rotatable bonds is 3. The second-order valence-electron chi connectivity index (χ2n) is 6.23. The van der Waals surface area contributed by atoms with E-state index in [9.17, 15) is 4.79 Å². The van der Waals surface area contributed by atoms with Gasteiger partial charge in [-0.1, -0.05) is 29.3 Å². The molecule has 3 nitrogen and oxygen atoms in total. The Balaban J connectivity index is 1.56. The molecule has 1 aromatic rings. The van der Waals surface area contributed by atoms with Crippen LogP contribution >= 0.6 is 23.2 Å². The zero-order valence-electron chi connectivity index (χ0n) is 12.6. The average molecular weight is 339 g/mol. The summed E-state index contributed by atoms with van der Waals surface area (Å²) >= 11 is 11.8. The van der Waals surface area contributed by atoms with Crippen LogP contribution < -0.4 is 5.32 Å². The van der Waals surface area contributed by atoms with E-state index in [0.29, 0.717) is 28.2 Å². The minimum Gasteiger partial charge on any atom is -0.350 e. The second kappa shape index (κ2) is 6.61. The number of nitrogens with one attached hydrogen (secondary N) is 1. The fourth-order valence-electron chi connectivity index (χ4n) is 3.57. The van der Waals surface area contributed by atoms with Crippen LogP contribution in [0.1, 0.15) is 31.2 Å². The Labute approximate surface area is 141 Å². The molecule has 22 heavy (non-hydrogen) atoms. The van der Waals surface area contributed by atoms with Gasteiger partial charge in [0.05, 0.1) is 10.0 Å². The lowest BCUT2D eigenvalue weighted by Crippen LogP contribution is -2.48. The predicted octanol–water partition coefficient (Wildman–Crippen LogP) is 3.75. The quantitative estimate of drug-likeness (QED) is 0.851. The molecule has 2 unspecified atom stereocenters. The van der Waals surface area contributed by atoms with Crippen molar-refractivity contribution in [2.24, 2.45) is 0 Å². The third-order valence-corrected chi connectivity index (χ3v) is 5.55. The molecule has 1 N–H and O–H groups in total. The Kier molecular flexibility index (Phi) is 4.76. The maximum absolute atomic E-state index is 12.1. The van der Waals surface area contributed by atoms with Gasteiger partial charge in [0.2, 0.25) is 5.91 Å². The van der Waals surface area contributed by atoms with Crippen molar-refractivity contribution in [3.05, 3.63) is 39.9 Å². The van der Waals surface area contributed by atoms with Gasteiger partial charge >= 0.3 is 0 Å². The Morgan fingerprint density at radius 2 is 1.91 bits per heavy atom. The summed E-state index contributed by atoms with van der Waals surface area (Å²) in [7, 11) is 2.20. The van der Waals surface area contributed by atoms with Gasteiger partial charge in [-0.05, 0) is 56.5 Å². The predicted molar refractivity (Wildman–Crippen MR) is 91.2 cm³/mol. The lowest BCUT2D eigenvalue weighted by Gasteiger charge is -2.36. The number of fused-ring (bicyclic) bond motifs is 2. The highest BCUT2D eigenvalue weighted by atomic mass is 35.5. The maximum atomic E-state index is 12.1. The average Bonchev–Trinajstić information content (AvgIpc) is 2.71. The number of hydrogen-bond donors (Lipinski definition) is 1. The molecule has 0 saturated carbocycles. The highest BCUT2D eigenvalue weighted by molar-refractivity contribution is 6.42. The van der Waals surface area contributed by atoms with E-state index in [4.69, 9.17) is 23.2 Å². The van der Waals surface area contributed by atoms with E-state index in [1.165, 1.54) is 12.8 Å². The molecule has 1 amide bonds. The van der Waals surface area contributed by atoms with Crippen molar-refractivity contribution in [3.63, 3.8) is 0 Å². The van der Waals surface area contributed by atoms with Crippen molar-refractivity contribution in [1.29, 1.82) is 0 Å². The minimum atomic E-state index is -0.0416. The molecule has 1 aromatic carbocycles. The topological polar surface area (TPSA) is 32.3 Å². The molecule has 0 aliphatic carbocycles. The summed E-state index contributed by atoms with van der Waals surface area (Å²) in [5.74, 6) is -0.0416. The fraction of sp³-hybridized carbons (Fsp3) is 0.471. The smallest absolute Gasteiger partial charge is 0.244 e. The molecule has 2 aliphatic rings. The third kappa shape index (κ3) is 3.48. The van der Waals surface area contributed by atoms with Crippen LogP contribution in [0.4, 0.5) is 0 Å². The lowest BCUT2D eigenvalue weighted by atomic mass is 9.98. The first-order chi connectivity index (χ1) is 10.5. The number of hydrogen-bond acceptors (Lipinski definition) is 2. The maximum Gasteiger partial charge on any atom is 0.244 e. The standard InChI is InChI=1S/C17H20Cl2N2O/c1-21-13-4-5-14(21)10-12(9-13)20-17(22)7-3-11-2-6-15(18)16(19)8-11/h2-3,6-8,12-14H,4-5,9-10H2,1H3,(H,20,22). The molecule has 2 heterocycles. The number of carbonyl (C=O) groups is 1. The number of amides is 1. The first-order valence-corrected chi connectivity index (χ1v) is 8.44. The molecular formula is C17H20Cl2N2O.